The van der Waals surface area contributed by atoms with Gasteiger partial charge in [-0.05, 0) is 50.8 Å². The summed E-state index contributed by atoms with van der Waals surface area (Å²) in [6.45, 7) is 3.38. The SMILES string of the molecule is CCCN[C@H]1CC[C@H](Nc2cccc3cnccc23)CC1. The van der Waals surface area contributed by atoms with Crippen LogP contribution in [0.5, 0.6) is 0 Å². The lowest BCUT2D eigenvalue weighted by Gasteiger charge is -2.30. The fourth-order valence-electron chi connectivity index (χ4n) is 3.26. The number of pyridine rings is 1. The molecule has 3 rings (SSSR count). The van der Waals surface area contributed by atoms with Crippen LogP contribution < -0.4 is 10.6 Å². The molecule has 1 aromatic carbocycles. The van der Waals surface area contributed by atoms with Gasteiger partial charge in [0, 0.05) is 40.9 Å². The monoisotopic (exact) mass is 283 g/mol. The van der Waals surface area contributed by atoms with E-state index in [1.165, 1.54) is 48.6 Å². The fraction of sp³-hybridized carbons (Fsp3) is 0.500. The molecule has 1 saturated carbocycles. The Morgan fingerprint density at radius 2 is 1.90 bits per heavy atom. The Morgan fingerprint density at radius 1 is 1.10 bits per heavy atom. The standard InChI is InChI=1S/C18H25N3/c1-2-11-20-15-6-8-16(9-7-15)21-18-5-3-4-14-13-19-12-10-17(14)18/h3-5,10,12-13,15-16,20-21H,2,6-9,11H2,1H3/t15-,16-. The predicted molar refractivity (Wildman–Crippen MR) is 89.7 cm³/mol. The number of hydrogen-bond donors (Lipinski definition) is 2. The molecular weight excluding hydrogens is 258 g/mol. The van der Waals surface area contributed by atoms with Gasteiger partial charge in [0.25, 0.3) is 0 Å². The Hall–Kier alpha value is -1.61. The van der Waals surface area contributed by atoms with Gasteiger partial charge in [0.05, 0.1) is 0 Å². The van der Waals surface area contributed by atoms with Gasteiger partial charge < -0.3 is 10.6 Å². The van der Waals surface area contributed by atoms with Gasteiger partial charge in [-0.2, -0.15) is 0 Å². The van der Waals surface area contributed by atoms with E-state index < -0.39 is 0 Å². The Bertz CT molecular complexity index is 568. The van der Waals surface area contributed by atoms with E-state index in [4.69, 9.17) is 0 Å². The van der Waals surface area contributed by atoms with E-state index in [2.05, 4.69) is 46.8 Å². The van der Waals surface area contributed by atoms with Crippen LogP contribution in [0.1, 0.15) is 39.0 Å². The van der Waals surface area contributed by atoms with Crippen LogP contribution in [0.25, 0.3) is 10.8 Å². The highest BCUT2D eigenvalue weighted by Gasteiger charge is 2.20. The van der Waals surface area contributed by atoms with Crippen molar-refractivity contribution in [1.29, 1.82) is 0 Å². The van der Waals surface area contributed by atoms with Gasteiger partial charge in [-0.25, -0.2) is 0 Å². The molecule has 1 aromatic heterocycles. The smallest absolute Gasteiger partial charge is 0.0423 e. The second kappa shape index (κ2) is 6.90. The lowest BCUT2D eigenvalue weighted by molar-refractivity contribution is 0.355. The van der Waals surface area contributed by atoms with Crippen molar-refractivity contribution >= 4 is 16.5 Å². The summed E-state index contributed by atoms with van der Waals surface area (Å²) in [6.07, 6.45) is 10.1. The van der Waals surface area contributed by atoms with Crippen molar-refractivity contribution in [3.8, 4) is 0 Å². The highest BCUT2D eigenvalue weighted by molar-refractivity contribution is 5.93. The lowest BCUT2D eigenvalue weighted by Crippen LogP contribution is -2.37. The third-order valence-electron chi connectivity index (χ3n) is 4.45. The first-order chi connectivity index (χ1) is 10.4. The van der Waals surface area contributed by atoms with Gasteiger partial charge in [0.2, 0.25) is 0 Å². The fourth-order valence-corrected chi connectivity index (χ4v) is 3.26. The molecule has 0 spiro atoms. The van der Waals surface area contributed by atoms with Gasteiger partial charge in [0.15, 0.2) is 0 Å². The zero-order valence-corrected chi connectivity index (χ0v) is 12.8. The summed E-state index contributed by atoms with van der Waals surface area (Å²) in [5.74, 6) is 0. The minimum absolute atomic E-state index is 0.600. The topological polar surface area (TPSA) is 37.0 Å². The van der Waals surface area contributed by atoms with Crippen molar-refractivity contribution < 1.29 is 0 Å². The molecule has 112 valence electrons. The second-order valence-electron chi connectivity index (χ2n) is 6.05. The number of nitrogens with zero attached hydrogens (tertiary/aromatic N) is 1. The van der Waals surface area contributed by atoms with E-state index in [1.807, 2.05) is 12.4 Å². The minimum Gasteiger partial charge on any atom is -0.382 e. The van der Waals surface area contributed by atoms with Gasteiger partial charge in [-0.1, -0.05) is 19.1 Å². The van der Waals surface area contributed by atoms with E-state index in [1.54, 1.807) is 0 Å². The molecule has 0 saturated heterocycles. The number of anilines is 1. The molecule has 0 bridgehead atoms. The third-order valence-corrected chi connectivity index (χ3v) is 4.45. The molecule has 3 heteroatoms. The van der Waals surface area contributed by atoms with Crippen LogP contribution >= 0.6 is 0 Å². The molecule has 1 fully saturated rings. The molecule has 2 aromatic rings. The lowest BCUT2D eigenvalue weighted by atomic mass is 9.90. The molecule has 2 N–H and O–H groups in total. The van der Waals surface area contributed by atoms with Crippen molar-refractivity contribution in [2.24, 2.45) is 0 Å². The molecule has 21 heavy (non-hydrogen) atoms. The van der Waals surface area contributed by atoms with Crippen LogP contribution in [-0.2, 0) is 0 Å². The Balaban J connectivity index is 1.62. The number of hydrogen-bond acceptors (Lipinski definition) is 3. The number of nitrogens with one attached hydrogen (secondary N) is 2. The van der Waals surface area contributed by atoms with Crippen LogP contribution in [-0.4, -0.2) is 23.6 Å². The van der Waals surface area contributed by atoms with Crippen LogP contribution in [0.15, 0.2) is 36.7 Å². The first kappa shape index (κ1) is 14.3. The number of benzene rings is 1. The molecule has 3 nitrogen and oxygen atoms in total. The summed E-state index contributed by atoms with van der Waals surface area (Å²) >= 11 is 0. The number of fused-ring (bicyclic) bond motifs is 1. The maximum absolute atomic E-state index is 4.20. The predicted octanol–water partition coefficient (Wildman–Crippen LogP) is 3.96. The second-order valence-corrected chi connectivity index (χ2v) is 6.05. The zero-order chi connectivity index (χ0) is 14.5. The summed E-state index contributed by atoms with van der Waals surface area (Å²) in [5.41, 5.74) is 1.25. The highest BCUT2D eigenvalue weighted by Crippen LogP contribution is 2.27. The minimum atomic E-state index is 0.600. The maximum atomic E-state index is 4.20. The van der Waals surface area contributed by atoms with Crippen molar-refractivity contribution in [2.45, 2.75) is 51.1 Å². The molecule has 1 aliphatic rings. The Morgan fingerprint density at radius 3 is 2.71 bits per heavy atom. The van der Waals surface area contributed by atoms with Crippen LogP contribution in [0.3, 0.4) is 0 Å². The molecule has 0 atom stereocenters. The van der Waals surface area contributed by atoms with E-state index in [0.29, 0.717) is 6.04 Å². The largest absolute Gasteiger partial charge is 0.382 e. The van der Waals surface area contributed by atoms with Gasteiger partial charge in [-0.3, -0.25) is 4.98 Å². The highest BCUT2D eigenvalue weighted by atomic mass is 14.9. The van der Waals surface area contributed by atoms with E-state index in [0.717, 1.165) is 12.6 Å². The molecule has 1 heterocycles. The Kier molecular flexibility index (Phi) is 4.71. The zero-order valence-electron chi connectivity index (χ0n) is 12.8. The maximum Gasteiger partial charge on any atom is 0.0423 e. The molecule has 0 radical (unpaired) electrons. The molecule has 0 unspecified atom stereocenters. The quantitative estimate of drug-likeness (QED) is 0.872. The van der Waals surface area contributed by atoms with Crippen molar-refractivity contribution in [3.05, 3.63) is 36.7 Å². The molecule has 0 aliphatic heterocycles. The van der Waals surface area contributed by atoms with Crippen LogP contribution in [0.2, 0.25) is 0 Å². The average Bonchev–Trinajstić information content (AvgIpc) is 2.55. The van der Waals surface area contributed by atoms with Crippen molar-refractivity contribution in [2.75, 3.05) is 11.9 Å². The average molecular weight is 283 g/mol. The summed E-state index contributed by atoms with van der Waals surface area (Å²) in [6, 6.07) is 9.85. The van der Waals surface area contributed by atoms with E-state index >= 15 is 0 Å². The van der Waals surface area contributed by atoms with Crippen LogP contribution in [0.4, 0.5) is 5.69 Å². The number of aromatic nitrogens is 1. The number of rotatable bonds is 5. The van der Waals surface area contributed by atoms with Crippen LogP contribution in [0, 0.1) is 0 Å². The van der Waals surface area contributed by atoms with Gasteiger partial charge in [-0.15, -0.1) is 0 Å². The van der Waals surface area contributed by atoms with Crippen molar-refractivity contribution in [3.63, 3.8) is 0 Å². The normalized spacial score (nSPS) is 22.3. The van der Waals surface area contributed by atoms with E-state index in [9.17, 15) is 0 Å². The molecule has 0 amide bonds. The molecule has 1 aliphatic carbocycles. The van der Waals surface area contributed by atoms with Gasteiger partial charge in [0.1, 0.15) is 0 Å². The van der Waals surface area contributed by atoms with Crippen molar-refractivity contribution in [1.82, 2.24) is 10.3 Å². The summed E-state index contributed by atoms with van der Waals surface area (Å²) in [4.78, 5) is 4.20. The first-order valence-electron chi connectivity index (χ1n) is 8.19. The van der Waals surface area contributed by atoms with Gasteiger partial charge >= 0.3 is 0 Å². The summed E-state index contributed by atoms with van der Waals surface area (Å²) in [7, 11) is 0. The summed E-state index contributed by atoms with van der Waals surface area (Å²) < 4.78 is 0. The third kappa shape index (κ3) is 3.53. The first-order valence-corrected chi connectivity index (χ1v) is 8.19. The Labute approximate surface area is 127 Å². The van der Waals surface area contributed by atoms with E-state index in [-0.39, 0.29) is 0 Å². The summed E-state index contributed by atoms with van der Waals surface area (Å²) in [5, 5.41) is 9.88. The molecular formula is C18H25N3.